The van der Waals surface area contributed by atoms with E-state index in [-0.39, 0.29) is 10.8 Å². The number of carbonyl (C=O) groups excluding carboxylic acids is 1. The van der Waals surface area contributed by atoms with Crippen LogP contribution < -0.4 is 5.32 Å². The molecule has 0 aliphatic carbocycles. The number of rotatable bonds is 5. The van der Waals surface area contributed by atoms with Gasteiger partial charge in [-0.3, -0.25) is 4.79 Å². The van der Waals surface area contributed by atoms with E-state index in [1.54, 1.807) is 19.1 Å². The van der Waals surface area contributed by atoms with Crippen molar-refractivity contribution >= 4 is 33.0 Å². The van der Waals surface area contributed by atoms with Gasteiger partial charge in [0.05, 0.1) is 15.6 Å². The lowest BCUT2D eigenvalue weighted by Crippen LogP contribution is -2.22. The average molecular weight is 353 g/mol. The van der Waals surface area contributed by atoms with Crippen LogP contribution in [0.3, 0.4) is 0 Å². The van der Waals surface area contributed by atoms with E-state index < -0.39 is 10.0 Å². The number of hydrogen-bond donors (Lipinski definition) is 1. The molecule has 1 heterocycles. The van der Waals surface area contributed by atoms with Crippen LogP contribution >= 0.6 is 11.3 Å². The zero-order valence-corrected chi connectivity index (χ0v) is 15.1. The van der Waals surface area contributed by atoms with E-state index in [4.69, 9.17) is 0 Å². The number of thiazole rings is 1. The van der Waals surface area contributed by atoms with Crippen molar-refractivity contribution < 1.29 is 13.2 Å². The standard InChI is InChI=1S/C15H19N3O3S2/c1-5-13-16-10(2)14(22-13)15(19)17-11-6-8-12(9-7-11)23(20,21)18(3)4/h6-9H,5H2,1-4H3,(H,17,19). The third-order valence-corrected chi connectivity index (χ3v) is 6.37. The van der Waals surface area contributed by atoms with Gasteiger partial charge in [0.15, 0.2) is 0 Å². The molecule has 0 saturated heterocycles. The van der Waals surface area contributed by atoms with Crippen molar-refractivity contribution in [2.24, 2.45) is 0 Å². The molecule has 1 amide bonds. The van der Waals surface area contributed by atoms with Crippen LogP contribution in [0, 0.1) is 6.92 Å². The average Bonchev–Trinajstić information content (AvgIpc) is 2.89. The summed E-state index contributed by atoms with van der Waals surface area (Å²) in [6, 6.07) is 6.10. The summed E-state index contributed by atoms with van der Waals surface area (Å²) in [4.78, 5) is 17.4. The van der Waals surface area contributed by atoms with E-state index in [0.29, 0.717) is 16.3 Å². The van der Waals surface area contributed by atoms with E-state index in [1.165, 1.54) is 37.6 Å². The lowest BCUT2D eigenvalue weighted by molar-refractivity contribution is 0.103. The van der Waals surface area contributed by atoms with Gasteiger partial charge < -0.3 is 5.32 Å². The number of anilines is 1. The van der Waals surface area contributed by atoms with E-state index >= 15 is 0 Å². The van der Waals surface area contributed by atoms with Crippen molar-refractivity contribution in [1.82, 2.24) is 9.29 Å². The van der Waals surface area contributed by atoms with E-state index in [1.807, 2.05) is 6.92 Å². The molecule has 1 aromatic heterocycles. The van der Waals surface area contributed by atoms with Gasteiger partial charge in [0.1, 0.15) is 4.88 Å². The Kier molecular flexibility index (Phi) is 5.18. The Bertz CT molecular complexity index is 809. The van der Waals surface area contributed by atoms with E-state index in [2.05, 4.69) is 10.3 Å². The summed E-state index contributed by atoms with van der Waals surface area (Å²) >= 11 is 1.37. The zero-order valence-electron chi connectivity index (χ0n) is 13.5. The number of benzene rings is 1. The minimum atomic E-state index is -3.47. The Morgan fingerprint density at radius 3 is 2.35 bits per heavy atom. The molecule has 23 heavy (non-hydrogen) atoms. The van der Waals surface area contributed by atoms with Crippen molar-refractivity contribution in [2.75, 3.05) is 19.4 Å². The molecule has 0 spiro atoms. The Labute approximate surface area is 140 Å². The SMILES string of the molecule is CCc1nc(C)c(C(=O)Nc2ccc(S(=O)(=O)N(C)C)cc2)s1. The van der Waals surface area contributed by atoms with Crippen LogP contribution in [0.1, 0.15) is 27.3 Å². The maximum atomic E-state index is 12.3. The molecular weight excluding hydrogens is 334 g/mol. The van der Waals surface area contributed by atoms with Gasteiger partial charge in [0.2, 0.25) is 10.0 Å². The van der Waals surface area contributed by atoms with Crippen LogP contribution in [-0.4, -0.2) is 37.7 Å². The summed E-state index contributed by atoms with van der Waals surface area (Å²) < 4.78 is 25.1. The second-order valence-electron chi connectivity index (χ2n) is 5.14. The molecule has 1 aromatic carbocycles. The first kappa shape index (κ1) is 17.6. The molecule has 0 radical (unpaired) electrons. The first-order valence-electron chi connectivity index (χ1n) is 7.06. The highest BCUT2D eigenvalue weighted by molar-refractivity contribution is 7.89. The maximum absolute atomic E-state index is 12.3. The Morgan fingerprint density at radius 1 is 1.26 bits per heavy atom. The lowest BCUT2D eigenvalue weighted by atomic mass is 10.3. The smallest absolute Gasteiger partial charge is 0.267 e. The summed E-state index contributed by atoms with van der Waals surface area (Å²) in [6.45, 7) is 3.79. The van der Waals surface area contributed by atoms with E-state index in [0.717, 1.165) is 15.7 Å². The minimum absolute atomic E-state index is 0.183. The summed E-state index contributed by atoms with van der Waals surface area (Å²) in [5.74, 6) is -0.233. The predicted molar refractivity (Wildman–Crippen MR) is 91.5 cm³/mol. The largest absolute Gasteiger partial charge is 0.321 e. The normalized spacial score (nSPS) is 11.7. The van der Waals surface area contributed by atoms with Crippen LogP contribution in [0.2, 0.25) is 0 Å². The van der Waals surface area contributed by atoms with Crippen molar-refractivity contribution in [2.45, 2.75) is 25.2 Å². The number of aromatic nitrogens is 1. The van der Waals surface area contributed by atoms with Crippen molar-refractivity contribution in [1.29, 1.82) is 0 Å². The van der Waals surface area contributed by atoms with Gasteiger partial charge in [-0.1, -0.05) is 6.92 Å². The van der Waals surface area contributed by atoms with Crippen LogP contribution in [0.15, 0.2) is 29.2 Å². The molecule has 0 atom stereocenters. The van der Waals surface area contributed by atoms with Gasteiger partial charge >= 0.3 is 0 Å². The van der Waals surface area contributed by atoms with Crippen LogP contribution in [0.5, 0.6) is 0 Å². The third kappa shape index (κ3) is 3.77. The number of amides is 1. The van der Waals surface area contributed by atoms with Crippen molar-refractivity contribution in [3.63, 3.8) is 0 Å². The fourth-order valence-corrected chi connectivity index (χ4v) is 3.72. The maximum Gasteiger partial charge on any atom is 0.267 e. The molecule has 2 aromatic rings. The molecule has 1 N–H and O–H groups in total. The van der Waals surface area contributed by atoms with Gasteiger partial charge in [-0.25, -0.2) is 17.7 Å². The number of aryl methyl sites for hydroxylation is 2. The number of hydrogen-bond acceptors (Lipinski definition) is 5. The molecule has 0 aliphatic rings. The molecule has 2 rings (SSSR count). The predicted octanol–water partition coefficient (Wildman–Crippen LogP) is 2.52. The first-order chi connectivity index (χ1) is 10.8. The minimum Gasteiger partial charge on any atom is -0.321 e. The molecule has 0 aliphatic heterocycles. The quantitative estimate of drug-likeness (QED) is 0.896. The fraction of sp³-hybridized carbons (Fsp3) is 0.333. The van der Waals surface area contributed by atoms with Gasteiger partial charge in [-0.05, 0) is 37.6 Å². The summed E-state index contributed by atoms with van der Waals surface area (Å²) in [6.07, 6.45) is 0.788. The van der Waals surface area contributed by atoms with Gasteiger partial charge in [0, 0.05) is 19.8 Å². The third-order valence-electron chi connectivity index (χ3n) is 3.24. The monoisotopic (exact) mass is 353 g/mol. The number of sulfonamides is 1. The van der Waals surface area contributed by atoms with Crippen molar-refractivity contribution in [3.05, 3.63) is 39.8 Å². The van der Waals surface area contributed by atoms with Crippen LogP contribution in [-0.2, 0) is 16.4 Å². The molecule has 124 valence electrons. The summed E-state index contributed by atoms with van der Waals surface area (Å²) in [5.41, 5.74) is 1.25. The fourth-order valence-electron chi connectivity index (χ4n) is 1.92. The molecule has 0 saturated carbocycles. The Balaban J connectivity index is 2.18. The molecule has 6 nitrogen and oxygen atoms in total. The van der Waals surface area contributed by atoms with Crippen molar-refractivity contribution in [3.8, 4) is 0 Å². The lowest BCUT2D eigenvalue weighted by Gasteiger charge is -2.11. The van der Waals surface area contributed by atoms with Crippen LogP contribution in [0.25, 0.3) is 0 Å². The highest BCUT2D eigenvalue weighted by Gasteiger charge is 2.18. The Hall–Kier alpha value is -1.77. The first-order valence-corrected chi connectivity index (χ1v) is 9.31. The number of nitrogens with one attached hydrogen (secondary N) is 1. The highest BCUT2D eigenvalue weighted by atomic mass is 32.2. The molecule has 0 unspecified atom stereocenters. The number of carbonyl (C=O) groups is 1. The van der Waals surface area contributed by atoms with Gasteiger partial charge in [-0.2, -0.15) is 0 Å². The van der Waals surface area contributed by atoms with Gasteiger partial charge in [0.25, 0.3) is 5.91 Å². The second kappa shape index (κ2) is 6.77. The molecular formula is C15H19N3O3S2. The Morgan fingerprint density at radius 2 is 1.87 bits per heavy atom. The highest BCUT2D eigenvalue weighted by Crippen LogP contribution is 2.21. The van der Waals surface area contributed by atoms with Gasteiger partial charge in [-0.15, -0.1) is 11.3 Å². The topological polar surface area (TPSA) is 79.4 Å². The zero-order chi connectivity index (χ0) is 17.2. The molecule has 8 heteroatoms. The molecule has 0 fully saturated rings. The second-order valence-corrected chi connectivity index (χ2v) is 8.38. The summed E-state index contributed by atoms with van der Waals surface area (Å²) in [5, 5.41) is 3.68. The van der Waals surface area contributed by atoms with Crippen LogP contribution in [0.4, 0.5) is 5.69 Å². The van der Waals surface area contributed by atoms with E-state index in [9.17, 15) is 13.2 Å². The summed E-state index contributed by atoms with van der Waals surface area (Å²) in [7, 11) is -0.518. The number of nitrogens with zero attached hydrogens (tertiary/aromatic N) is 2. The molecule has 0 bridgehead atoms.